The number of carbonyl (C=O) groups is 1. The van der Waals surface area contributed by atoms with Crippen LogP contribution in [0.3, 0.4) is 0 Å². The summed E-state index contributed by atoms with van der Waals surface area (Å²) in [4.78, 5) is 12.3. The van der Waals surface area contributed by atoms with E-state index in [0.717, 1.165) is 7.14 Å². The minimum Gasteiger partial charge on any atom is -0.493 e. The maximum atomic E-state index is 12.3. The first-order valence-electron chi connectivity index (χ1n) is 6.03. The van der Waals surface area contributed by atoms with Crippen LogP contribution in [0.4, 0.5) is 5.69 Å². The maximum Gasteiger partial charge on any atom is 0.256 e. The van der Waals surface area contributed by atoms with E-state index in [-0.39, 0.29) is 5.91 Å². The van der Waals surface area contributed by atoms with Gasteiger partial charge >= 0.3 is 0 Å². The number of amides is 1. The fraction of sp³-hybridized carbons (Fsp3) is 0.133. The average Bonchev–Trinajstić information content (AvgIpc) is 2.49. The molecular weight excluding hydrogens is 496 g/mol. The van der Waals surface area contributed by atoms with Gasteiger partial charge in [-0.3, -0.25) is 4.79 Å². The van der Waals surface area contributed by atoms with Gasteiger partial charge in [-0.1, -0.05) is 0 Å². The van der Waals surface area contributed by atoms with Gasteiger partial charge in [-0.05, 0) is 75.5 Å². The molecule has 0 aliphatic carbocycles. The zero-order valence-electron chi connectivity index (χ0n) is 11.4. The summed E-state index contributed by atoms with van der Waals surface area (Å²) in [6.45, 7) is 0. The molecule has 2 aromatic carbocycles. The van der Waals surface area contributed by atoms with E-state index in [1.54, 1.807) is 32.4 Å². The Kier molecular flexibility index (Phi) is 5.68. The predicted octanol–water partition coefficient (Wildman–Crippen LogP) is 4.17. The highest BCUT2D eigenvalue weighted by molar-refractivity contribution is 14.1. The Labute approximate surface area is 150 Å². The van der Waals surface area contributed by atoms with Crippen molar-refractivity contribution in [2.24, 2.45) is 0 Å². The van der Waals surface area contributed by atoms with Crippen LogP contribution in [-0.4, -0.2) is 20.1 Å². The van der Waals surface area contributed by atoms with Crippen LogP contribution in [0.2, 0.25) is 0 Å². The number of nitrogens with one attached hydrogen (secondary N) is 1. The van der Waals surface area contributed by atoms with Crippen LogP contribution in [0, 0.1) is 7.14 Å². The SMILES string of the molecule is COc1ccc(NC(=O)c2cc(I)ccc2I)cc1OC. The van der Waals surface area contributed by atoms with E-state index in [0.29, 0.717) is 22.7 Å². The van der Waals surface area contributed by atoms with Gasteiger partial charge in [0.2, 0.25) is 0 Å². The van der Waals surface area contributed by atoms with Gasteiger partial charge in [-0.2, -0.15) is 0 Å². The van der Waals surface area contributed by atoms with Crippen LogP contribution >= 0.6 is 45.2 Å². The number of benzene rings is 2. The third-order valence-corrected chi connectivity index (χ3v) is 4.43. The number of anilines is 1. The lowest BCUT2D eigenvalue weighted by atomic mass is 10.2. The van der Waals surface area contributed by atoms with Gasteiger partial charge in [-0.15, -0.1) is 0 Å². The van der Waals surface area contributed by atoms with Gasteiger partial charge in [0.1, 0.15) is 0 Å². The lowest BCUT2D eigenvalue weighted by Gasteiger charge is -2.11. The first-order valence-corrected chi connectivity index (χ1v) is 8.19. The highest BCUT2D eigenvalue weighted by atomic mass is 127. The molecule has 0 heterocycles. The maximum absolute atomic E-state index is 12.3. The number of rotatable bonds is 4. The summed E-state index contributed by atoms with van der Waals surface area (Å²) in [6, 6.07) is 11.0. The summed E-state index contributed by atoms with van der Waals surface area (Å²) < 4.78 is 12.3. The number of hydrogen-bond acceptors (Lipinski definition) is 3. The highest BCUT2D eigenvalue weighted by Crippen LogP contribution is 2.30. The zero-order chi connectivity index (χ0) is 15.4. The molecule has 2 rings (SSSR count). The van der Waals surface area contributed by atoms with Gasteiger partial charge < -0.3 is 14.8 Å². The standard InChI is InChI=1S/C15H13I2NO3/c1-20-13-6-4-10(8-14(13)21-2)18-15(19)11-7-9(16)3-5-12(11)17/h3-8H,1-2H3,(H,18,19). The molecule has 0 aromatic heterocycles. The van der Waals surface area contributed by atoms with Gasteiger partial charge in [0.05, 0.1) is 19.8 Å². The number of methoxy groups -OCH3 is 2. The second-order valence-electron chi connectivity index (χ2n) is 4.15. The Balaban J connectivity index is 2.25. The predicted molar refractivity (Wildman–Crippen MR) is 99.4 cm³/mol. The molecule has 21 heavy (non-hydrogen) atoms. The summed E-state index contributed by atoms with van der Waals surface area (Å²) in [7, 11) is 3.14. The molecule has 110 valence electrons. The van der Waals surface area contributed by atoms with Crippen molar-refractivity contribution < 1.29 is 14.3 Å². The van der Waals surface area contributed by atoms with Gasteiger partial charge in [0, 0.05) is 18.9 Å². The molecular formula is C15H13I2NO3. The fourth-order valence-electron chi connectivity index (χ4n) is 1.78. The van der Waals surface area contributed by atoms with Crippen LogP contribution in [0.5, 0.6) is 11.5 Å². The zero-order valence-corrected chi connectivity index (χ0v) is 15.8. The van der Waals surface area contributed by atoms with Crippen LogP contribution in [0.1, 0.15) is 10.4 Å². The van der Waals surface area contributed by atoms with Crippen LogP contribution < -0.4 is 14.8 Å². The van der Waals surface area contributed by atoms with Crippen molar-refractivity contribution in [2.45, 2.75) is 0 Å². The van der Waals surface area contributed by atoms with E-state index < -0.39 is 0 Å². The molecule has 1 amide bonds. The number of hydrogen-bond donors (Lipinski definition) is 1. The molecule has 0 bridgehead atoms. The molecule has 0 aliphatic rings. The average molecular weight is 509 g/mol. The van der Waals surface area contributed by atoms with Crippen LogP contribution in [-0.2, 0) is 0 Å². The van der Waals surface area contributed by atoms with E-state index >= 15 is 0 Å². The first kappa shape index (κ1) is 16.3. The largest absolute Gasteiger partial charge is 0.493 e. The Hall–Kier alpha value is -1.03. The molecule has 0 unspecified atom stereocenters. The summed E-state index contributed by atoms with van der Waals surface area (Å²) in [5, 5.41) is 2.87. The monoisotopic (exact) mass is 509 g/mol. The lowest BCUT2D eigenvalue weighted by Crippen LogP contribution is -2.13. The van der Waals surface area contributed by atoms with Crippen molar-refractivity contribution in [3.8, 4) is 11.5 Å². The Morgan fingerprint density at radius 1 is 1.00 bits per heavy atom. The topological polar surface area (TPSA) is 47.6 Å². The van der Waals surface area contributed by atoms with E-state index in [2.05, 4.69) is 50.5 Å². The van der Waals surface area contributed by atoms with Crippen molar-refractivity contribution in [1.29, 1.82) is 0 Å². The normalized spacial score (nSPS) is 10.1. The summed E-state index contributed by atoms with van der Waals surface area (Å²) >= 11 is 4.34. The van der Waals surface area contributed by atoms with Crippen LogP contribution in [0.25, 0.3) is 0 Å². The molecule has 1 N–H and O–H groups in total. The Bertz CT molecular complexity index is 674. The van der Waals surface area contributed by atoms with Crippen molar-refractivity contribution in [3.05, 3.63) is 49.1 Å². The molecule has 0 fully saturated rings. The molecule has 6 heteroatoms. The Morgan fingerprint density at radius 3 is 2.38 bits per heavy atom. The number of halogens is 2. The van der Waals surface area contributed by atoms with Crippen molar-refractivity contribution in [3.63, 3.8) is 0 Å². The number of ether oxygens (including phenoxy) is 2. The third kappa shape index (κ3) is 4.00. The molecule has 0 saturated carbocycles. The van der Waals surface area contributed by atoms with E-state index in [4.69, 9.17) is 9.47 Å². The van der Waals surface area contributed by atoms with Crippen molar-refractivity contribution in [2.75, 3.05) is 19.5 Å². The first-order chi connectivity index (χ1) is 10.0. The second-order valence-corrected chi connectivity index (χ2v) is 6.56. The molecule has 0 spiro atoms. The quantitative estimate of drug-likeness (QED) is 0.631. The van der Waals surface area contributed by atoms with E-state index in [1.807, 2.05) is 18.2 Å². The minimum atomic E-state index is -0.148. The smallest absolute Gasteiger partial charge is 0.256 e. The Morgan fingerprint density at radius 2 is 1.71 bits per heavy atom. The molecule has 4 nitrogen and oxygen atoms in total. The summed E-state index contributed by atoms with van der Waals surface area (Å²) in [5.74, 6) is 1.05. The summed E-state index contributed by atoms with van der Waals surface area (Å²) in [5.41, 5.74) is 1.31. The third-order valence-electron chi connectivity index (χ3n) is 2.81. The van der Waals surface area contributed by atoms with E-state index in [9.17, 15) is 4.79 Å². The van der Waals surface area contributed by atoms with Crippen molar-refractivity contribution in [1.82, 2.24) is 0 Å². The molecule has 2 aromatic rings. The second kappa shape index (κ2) is 7.30. The highest BCUT2D eigenvalue weighted by Gasteiger charge is 2.12. The minimum absolute atomic E-state index is 0.148. The number of carbonyl (C=O) groups excluding carboxylic acids is 1. The van der Waals surface area contributed by atoms with Gasteiger partial charge in [-0.25, -0.2) is 0 Å². The lowest BCUT2D eigenvalue weighted by molar-refractivity contribution is 0.102. The van der Waals surface area contributed by atoms with Gasteiger partial charge in [0.15, 0.2) is 11.5 Å². The summed E-state index contributed by atoms with van der Waals surface area (Å²) in [6.07, 6.45) is 0. The van der Waals surface area contributed by atoms with Crippen LogP contribution in [0.15, 0.2) is 36.4 Å². The molecule has 0 radical (unpaired) electrons. The van der Waals surface area contributed by atoms with Gasteiger partial charge in [0.25, 0.3) is 5.91 Å². The fourth-order valence-corrected chi connectivity index (χ4v) is 2.86. The molecule has 0 aliphatic heterocycles. The van der Waals surface area contributed by atoms with Crippen molar-refractivity contribution >= 4 is 56.8 Å². The molecule has 0 saturated heterocycles. The molecule has 0 atom stereocenters. The van der Waals surface area contributed by atoms with E-state index in [1.165, 1.54) is 0 Å².